The highest BCUT2D eigenvalue weighted by Crippen LogP contribution is 2.34. The van der Waals surface area contributed by atoms with E-state index in [0.29, 0.717) is 18.0 Å². The Morgan fingerprint density at radius 3 is 2.63 bits per heavy atom. The Balaban J connectivity index is 1.85. The van der Waals surface area contributed by atoms with Crippen molar-refractivity contribution in [2.45, 2.75) is 44.6 Å². The molecular formula is C26H35F3N6. The molecule has 0 bridgehead atoms. The van der Waals surface area contributed by atoms with Crippen LogP contribution in [0.1, 0.15) is 49.0 Å². The fourth-order valence-corrected chi connectivity index (χ4v) is 4.04. The van der Waals surface area contributed by atoms with Gasteiger partial charge in [-0.1, -0.05) is 49.9 Å². The van der Waals surface area contributed by atoms with E-state index >= 15 is 0 Å². The molecule has 2 atom stereocenters. The Kier molecular flexibility index (Phi) is 9.71. The lowest BCUT2D eigenvalue weighted by Crippen LogP contribution is -2.48. The minimum atomic E-state index is -4.51. The molecule has 1 aliphatic heterocycles. The van der Waals surface area contributed by atoms with Gasteiger partial charge in [-0.25, -0.2) is 4.99 Å². The van der Waals surface area contributed by atoms with Crippen LogP contribution in [0.2, 0.25) is 0 Å². The number of aliphatic imine (C=N–C) groups is 1. The van der Waals surface area contributed by atoms with Crippen molar-refractivity contribution in [1.82, 2.24) is 16.0 Å². The van der Waals surface area contributed by atoms with E-state index in [1.54, 1.807) is 6.07 Å². The summed E-state index contributed by atoms with van der Waals surface area (Å²) in [5, 5.41) is 13.4. The summed E-state index contributed by atoms with van der Waals surface area (Å²) in [5.41, 5.74) is 7.78. The fraction of sp³-hybridized carbons (Fsp3) is 0.423. The van der Waals surface area contributed by atoms with Gasteiger partial charge < -0.3 is 27.0 Å². The number of rotatable bonds is 10. The average Bonchev–Trinajstić information content (AvgIpc) is 2.86. The van der Waals surface area contributed by atoms with Crippen LogP contribution in [0.25, 0.3) is 5.70 Å². The van der Waals surface area contributed by atoms with Gasteiger partial charge in [0.05, 0.1) is 5.56 Å². The van der Waals surface area contributed by atoms with Crippen molar-refractivity contribution in [3.05, 3.63) is 71.8 Å². The number of benzene rings is 2. The van der Waals surface area contributed by atoms with Gasteiger partial charge >= 0.3 is 6.18 Å². The molecule has 190 valence electrons. The third kappa shape index (κ3) is 7.81. The normalized spacial score (nSPS) is 17.6. The minimum Gasteiger partial charge on any atom is -0.385 e. The first-order chi connectivity index (χ1) is 16.8. The summed E-state index contributed by atoms with van der Waals surface area (Å²) in [5.74, 6) is 0.497. The van der Waals surface area contributed by atoms with Crippen LogP contribution in [0.3, 0.4) is 0 Å². The van der Waals surface area contributed by atoms with Crippen LogP contribution in [-0.4, -0.2) is 38.1 Å². The standard InChI is InChI=1S/C26H35F3N6/c1-3-14-33-23-11-7-5-8-20(23)18(2)34-24(13-12-19-17-31-15-16-32-19)35-25(30)21-9-4-6-10-22(21)26(27,28)29/h4-11,19,25,31-33H,2-3,12-17,30H2,1H3,(H,34,35). The molecule has 0 aromatic heterocycles. The van der Waals surface area contributed by atoms with Crippen molar-refractivity contribution in [2.24, 2.45) is 10.7 Å². The van der Waals surface area contributed by atoms with E-state index in [4.69, 9.17) is 5.73 Å². The number of alkyl halides is 3. The summed E-state index contributed by atoms with van der Waals surface area (Å²) in [6, 6.07) is 13.3. The molecule has 0 aliphatic carbocycles. The van der Waals surface area contributed by atoms with Crippen LogP contribution in [0.15, 0.2) is 60.1 Å². The molecular weight excluding hydrogens is 453 g/mol. The lowest BCUT2D eigenvalue weighted by molar-refractivity contribution is -0.138. The molecule has 1 aliphatic rings. The molecule has 35 heavy (non-hydrogen) atoms. The van der Waals surface area contributed by atoms with Gasteiger partial charge in [-0.2, -0.15) is 13.2 Å². The number of nitrogens with zero attached hydrogens (tertiary/aromatic N) is 1. The molecule has 6 nitrogen and oxygen atoms in total. The lowest BCUT2D eigenvalue weighted by atomic mass is 10.0. The van der Waals surface area contributed by atoms with Crippen molar-refractivity contribution >= 4 is 17.2 Å². The molecule has 2 aromatic carbocycles. The maximum atomic E-state index is 13.6. The van der Waals surface area contributed by atoms with Gasteiger partial charge in [0.2, 0.25) is 0 Å². The number of hydrogen-bond donors (Lipinski definition) is 5. The summed E-state index contributed by atoms with van der Waals surface area (Å²) >= 11 is 0. The van der Waals surface area contributed by atoms with E-state index in [-0.39, 0.29) is 11.6 Å². The Morgan fingerprint density at radius 2 is 1.91 bits per heavy atom. The second-order valence-corrected chi connectivity index (χ2v) is 8.58. The van der Waals surface area contributed by atoms with Gasteiger partial charge in [-0.3, -0.25) is 0 Å². The SMILES string of the molecule is C=C(N/C(CCC1CNCCN1)=N/C(N)c1ccccc1C(F)(F)F)c1ccccc1NCCC. The largest absolute Gasteiger partial charge is 0.416 e. The molecule has 2 unspecified atom stereocenters. The molecule has 0 saturated carbocycles. The zero-order chi connectivity index (χ0) is 25.3. The summed E-state index contributed by atoms with van der Waals surface area (Å²) in [7, 11) is 0. The highest BCUT2D eigenvalue weighted by atomic mass is 19.4. The summed E-state index contributed by atoms with van der Waals surface area (Å²) < 4.78 is 40.7. The molecule has 0 radical (unpaired) electrons. The van der Waals surface area contributed by atoms with Crippen molar-refractivity contribution < 1.29 is 13.2 Å². The number of para-hydroxylation sites is 1. The van der Waals surface area contributed by atoms with Gasteiger partial charge in [0, 0.05) is 61.2 Å². The summed E-state index contributed by atoms with van der Waals surface area (Å²) in [6.07, 6.45) is -3.46. The molecule has 1 saturated heterocycles. The Hall–Kier alpha value is -2.88. The minimum absolute atomic E-state index is 0.0626. The number of anilines is 1. The van der Waals surface area contributed by atoms with Gasteiger partial charge in [0.15, 0.2) is 0 Å². The lowest BCUT2D eigenvalue weighted by Gasteiger charge is -2.25. The maximum absolute atomic E-state index is 13.6. The number of amidine groups is 1. The molecule has 3 rings (SSSR count). The molecule has 0 amide bonds. The van der Waals surface area contributed by atoms with Gasteiger partial charge in [0.25, 0.3) is 0 Å². The predicted molar refractivity (Wildman–Crippen MR) is 137 cm³/mol. The van der Waals surface area contributed by atoms with Crippen LogP contribution >= 0.6 is 0 Å². The average molecular weight is 489 g/mol. The van der Waals surface area contributed by atoms with Gasteiger partial charge in [0.1, 0.15) is 12.0 Å². The molecule has 2 aromatic rings. The van der Waals surface area contributed by atoms with Crippen molar-refractivity contribution in [3.8, 4) is 0 Å². The smallest absolute Gasteiger partial charge is 0.385 e. The molecule has 1 fully saturated rings. The van der Waals surface area contributed by atoms with Gasteiger partial charge in [-0.05, 0) is 25.0 Å². The zero-order valence-electron chi connectivity index (χ0n) is 20.1. The van der Waals surface area contributed by atoms with E-state index in [2.05, 4.69) is 39.8 Å². The molecule has 9 heteroatoms. The van der Waals surface area contributed by atoms with E-state index in [0.717, 1.165) is 56.3 Å². The second kappa shape index (κ2) is 12.7. The van der Waals surface area contributed by atoms with Crippen LogP contribution in [-0.2, 0) is 6.18 Å². The Bertz CT molecular complexity index is 999. The quantitative estimate of drug-likeness (QED) is 0.251. The Morgan fingerprint density at radius 1 is 1.17 bits per heavy atom. The van der Waals surface area contributed by atoms with Crippen LogP contribution in [0, 0.1) is 0 Å². The fourth-order valence-electron chi connectivity index (χ4n) is 4.04. The predicted octanol–water partition coefficient (Wildman–Crippen LogP) is 4.49. The number of nitrogens with one attached hydrogen (secondary N) is 4. The van der Waals surface area contributed by atoms with Crippen LogP contribution < -0.4 is 27.0 Å². The van der Waals surface area contributed by atoms with Crippen molar-refractivity contribution in [2.75, 3.05) is 31.5 Å². The first-order valence-electron chi connectivity index (χ1n) is 12.0. The monoisotopic (exact) mass is 488 g/mol. The topological polar surface area (TPSA) is 86.5 Å². The van der Waals surface area contributed by atoms with Gasteiger partial charge in [-0.15, -0.1) is 0 Å². The van der Waals surface area contributed by atoms with Crippen molar-refractivity contribution in [1.29, 1.82) is 0 Å². The third-order valence-corrected chi connectivity index (χ3v) is 5.85. The van der Waals surface area contributed by atoms with E-state index < -0.39 is 17.9 Å². The zero-order valence-corrected chi connectivity index (χ0v) is 20.1. The van der Waals surface area contributed by atoms with Crippen molar-refractivity contribution in [3.63, 3.8) is 0 Å². The molecule has 0 spiro atoms. The third-order valence-electron chi connectivity index (χ3n) is 5.85. The summed E-state index contributed by atoms with van der Waals surface area (Å²) in [6.45, 7) is 9.68. The van der Waals surface area contributed by atoms with Crippen LogP contribution in [0.5, 0.6) is 0 Å². The highest BCUT2D eigenvalue weighted by molar-refractivity contribution is 5.92. The number of piperazine rings is 1. The molecule has 6 N–H and O–H groups in total. The van der Waals surface area contributed by atoms with E-state index in [1.165, 1.54) is 12.1 Å². The number of nitrogens with two attached hydrogens (primary N) is 1. The maximum Gasteiger partial charge on any atom is 0.416 e. The van der Waals surface area contributed by atoms with E-state index in [1.807, 2.05) is 24.3 Å². The Labute approximate surface area is 205 Å². The van der Waals surface area contributed by atoms with Crippen LogP contribution in [0.4, 0.5) is 18.9 Å². The number of hydrogen-bond acceptors (Lipinski definition) is 5. The second-order valence-electron chi connectivity index (χ2n) is 8.58. The first-order valence-corrected chi connectivity index (χ1v) is 12.0. The molecule has 1 heterocycles. The first kappa shape index (κ1) is 26.7. The summed E-state index contributed by atoms with van der Waals surface area (Å²) in [4.78, 5) is 4.52. The highest BCUT2D eigenvalue weighted by Gasteiger charge is 2.34. The number of halogens is 3. The van der Waals surface area contributed by atoms with E-state index in [9.17, 15) is 13.2 Å².